The van der Waals surface area contributed by atoms with Gasteiger partial charge in [0.25, 0.3) is 5.91 Å². The van der Waals surface area contributed by atoms with Crippen LogP contribution in [0, 0.1) is 0 Å². The lowest BCUT2D eigenvalue weighted by Crippen LogP contribution is -2.56. The molecule has 3 aromatic rings. The largest absolute Gasteiger partial charge is 0.451 e. The summed E-state index contributed by atoms with van der Waals surface area (Å²) >= 11 is 0. The monoisotopic (exact) mass is 363 g/mol. The van der Waals surface area contributed by atoms with Crippen molar-refractivity contribution in [3.05, 3.63) is 66.4 Å². The molecular formula is C21H21N3O3. The Balaban J connectivity index is 1.42. The van der Waals surface area contributed by atoms with Crippen LogP contribution in [0.2, 0.25) is 0 Å². The second-order valence-electron chi connectivity index (χ2n) is 6.74. The minimum atomic E-state index is -0.149. The third-order valence-corrected chi connectivity index (χ3v) is 4.84. The molecule has 138 valence electrons. The van der Waals surface area contributed by atoms with Crippen LogP contribution in [0.4, 0.5) is 10.5 Å². The van der Waals surface area contributed by atoms with Crippen molar-refractivity contribution in [2.75, 3.05) is 25.0 Å². The van der Waals surface area contributed by atoms with Crippen LogP contribution in [0.25, 0.3) is 11.0 Å². The fraction of sp³-hybridized carbons (Fsp3) is 0.238. The molecule has 2 aromatic carbocycles. The highest BCUT2D eigenvalue weighted by Gasteiger charge is 2.31. The number of carbonyl (C=O) groups excluding carboxylic acids is 2. The molecule has 1 aliphatic rings. The highest BCUT2D eigenvalue weighted by atomic mass is 16.3. The molecule has 0 spiro atoms. The number of amides is 3. The van der Waals surface area contributed by atoms with Crippen molar-refractivity contribution in [1.29, 1.82) is 0 Å². The predicted octanol–water partition coefficient (Wildman–Crippen LogP) is 3.81. The number of para-hydroxylation sites is 2. The van der Waals surface area contributed by atoms with Gasteiger partial charge in [-0.3, -0.25) is 4.79 Å². The van der Waals surface area contributed by atoms with Crippen LogP contribution in [0.15, 0.2) is 65.1 Å². The van der Waals surface area contributed by atoms with Crippen molar-refractivity contribution in [1.82, 2.24) is 9.80 Å². The zero-order valence-electron chi connectivity index (χ0n) is 15.1. The van der Waals surface area contributed by atoms with Gasteiger partial charge in [-0.05, 0) is 31.2 Å². The molecule has 1 aliphatic heterocycles. The maximum Gasteiger partial charge on any atom is 0.322 e. The first-order chi connectivity index (χ1) is 13.1. The van der Waals surface area contributed by atoms with Gasteiger partial charge < -0.3 is 19.5 Å². The number of fused-ring (bicyclic) bond motifs is 1. The molecule has 1 fully saturated rings. The fourth-order valence-corrected chi connectivity index (χ4v) is 3.40. The summed E-state index contributed by atoms with van der Waals surface area (Å²) < 4.78 is 5.69. The number of furan rings is 1. The minimum Gasteiger partial charge on any atom is -0.451 e. The zero-order chi connectivity index (χ0) is 18.8. The van der Waals surface area contributed by atoms with Crippen LogP contribution in [0.3, 0.4) is 0 Å². The summed E-state index contributed by atoms with van der Waals surface area (Å²) in [6, 6.07) is 18.5. The summed E-state index contributed by atoms with van der Waals surface area (Å²) in [4.78, 5) is 28.8. The number of hydrogen-bond donors (Lipinski definition) is 1. The van der Waals surface area contributed by atoms with Crippen LogP contribution in [0.5, 0.6) is 0 Å². The first-order valence-corrected chi connectivity index (χ1v) is 9.02. The van der Waals surface area contributed by atoms with E-state index in [4.69, 9.17) is 4.42 Å². The van der Waals surface area contributed by atoms with Gasteiger partial charge in [-0.15, -0.1) is 0 Å². The molecule has 1 unspecified atom stereocenters. The molecule has 6 nitrogen and oxygen atoms in total. The third kappa shape index (κ3) is 3.51. The molecule has 1 N–H and O–H groups in total. The Morgan fingerprint density at radius 2 is 1.78 bits per heavy atom. The molecular weight excluding hydrogens is 342 g/mol. The van der Waals surface area contributed by atoms with E-state index in [1.54, 1.807) is 15.9 Å². The number of nitrogens with one attached hydrogen (secondary N) is 1. The highest BCUT2D eigenvalue weighted by molar-refractivity contribution is 5.96. The number of benzene rings is 2. The number of piperazine rings is 1. The molecule has 1 atom stereocenters. The summed E-state index contributed by atoms with van der Waals surface area (Å²) in [5.41, 5.74) is 1.46. The van der Waals surface area contributed by atoms with Crippen molar-refractivity contribution in [2.45, 2.75) is 13.0 Å². The second-order valence-corrected chi connectivity index (χ2v) is 6.74. The van der Waals surface area contributed by atoms with Gasteiger partial charge in [-0.2, -0.15) is 0 Å². The van der Waals surface area contributed by atoms with Crippen molar-refractivity contribution in [2.24, 2.45) is 0 Å². The van der Waals surface area contributed by atoms with Crippen LogP contribution in [0.1, 0.15) is 17.5 Å². The minimum absolute atomic E-state index is 0.0872. The van der Waals surface area contributed by atoms with Crippen molar-refractivity contribution in [3.8, 4) is 0 Å². The van der Waals surface area contributed by atoms with Crippen LogP contribution >= 0.6 is 0 Å². The molecule has 1 saturated heterocycles. The number of urea groups is 1. The Morgan fingerprint density at radius 1 is 1.04 bits per heavy atom. The molecule has 4 rings (SSSR count). The molecule has 0 saturated carbocycles. The molecule has 0 radical (unpaired) electrons. The third-order valence-electron chi connectivity index (χ3n) is 4.84. The Hall–Kier alpha value is -3.28. The maximum absolute atomic E-state index is 12.8. The molecule has 0 aliphatic carbocycles. The van der Waals surface area contributed by atoms with Gasteiger partial charge >= 0.3 is 6.03 Å². The van der Waals surface area contributed by atoms with Crippen molar-refractivity contribution >= 4 is 28.6 Å². The van der Waals surface area contributed by atoms with Gasteiger partial charge in [-0.25, -0.2) is 4.79 Å². The van der Waals surface area contributed by atoms with Gasteiger partial charge in [0.05, 0.1) is 0 Å². The first kappa shape index (κ1) is 17.1. The Morgan fingerprint density at radius 3 is 2.52 bits per heavy atom. The Kier molecular flexibility index (Phi) is 4.54. The number of hydrogen-bond acceptors (Lipinski definition) is 3. The number of anilines is 1. The van der Waals surface area contributed by atoms with Gasteiger partial charge in [0.2, 0.25) is 0 Å². The van der Waals surface area contributed by atoms with Gasteiger partial charge in [0.1, 0.15) is 5.58 Å². The topological polar surface area (TPSA) is 65.8 Å². The predicted molar refractivity (Wildman–Crippen MR) is 104 cm³/mol. The zero-order valence-corrected chi connectivity index (χ0v) is 15.1. The molecule has 3 amide bonds. The van der Waals surface area contributed by atoms with Gasteiger partial charge in [-0.1, -0.05) is 36.4 Å². The fourth-order valence-electron chi connectivity index (χ4n) is 3.40. The summed E-state index contributed by atoms with van der Waals surface area (Å²) in [5, 5.41) is 3.81. The number of nitrogens with zero attached hydrogens (tertiary/aromatic N) is 2. The van der Waals surface area contributed by atoms with Gasteiger partial charge in [0.15, 0.2) is 5.76 Å². The lowest BCUT2D eigenvalue weighted by molar-refractivity contribution is 0.0565. The average Bonchev–Trinajstić information content (AvgIpc) is 3.12. The van der Waals surface area contributed by atoms with Crippen molar-refractivity contribution in [3.63, 3.8) is 0 Å². The lowest BCUT2D eigenvalue weighted by Gasteiger charge is -2.39. The van der Waals surface area contributed by atoms with E-state index in [-0.39, 0.29) is 18.0 Å². The summed E-state index contributed by atoms with van der Waals surface area (Å²) in [5.74, 6) is 0.201. The van der Waals surface area contributed by atoms with E-state index in [0.717, 1.165) is 11.1 Å². The summed E-state index contributed by atoms with van der Waals surface area (Å²) in [6.45, 7) is 3.37. The van der Waals surface area contributed by atoms with Crippen LogP contribution < -0.4 is 5.32 Å². The quantitative estimate of drug-likeness (QED) is 0.753. The molecule has 1 aromatic heterocycles. The van der Waals surface area contributed by atoms with E-state index in [1.165, 1.54) is 0 Å². The standard InChI is InChI=1S/C21H21N3O3/c1-15-14-23(20(25)19-13-16-7-5-6-10-18(16)27-19)11-12-24(15)21(26)22-17-8-3-2-4-9-17/h2-10,13,15H,11-12,14H2,1H3,(H,22,26). The van der Waals surface area contributed by atoms with Gasteiger partial charge in [0, 0.05) is 36.7 Å². The Bertz CT molecular complexity index is 934. The van der Waals surface area contributed by atoms with Crippen LogP contribution in [-0.4, -0.2) is 47.4 Å². The summed E-state index contributed by atoms with van der Waals surface area (Å²) in [6.07, 6.45) is 0. The SMILES string of the molecule is CC1CN(C(=O)c2cc3ccccc3o2)CCN1C(=O)Nc1ccccc1. The smallest absolute Gasteiger partial charge is 0.322 e. The van der Waals surface area contributed by atoms with Crippen molar-refractivity contribution < 1.29 is 14.0 Å². The molecule has 2 heterocycles. The van der Waals surface area contributed by atoms with E-state index >= 15 is 0 Å². The highest BCUT2D eigenvalue weighted by Crippen LogP contribution is 2.21. The molecule has 6 heteroatoms. The summed E-state index contributed by atoms with van der Waals surface area (Å²) in [7, 11) is 0. The van der Waals surface area contributed by atoms with Crippen LogP contribution in [-0.2, 0) is 0 Å². The van der Waals surface area contributed by atoms with E-state index in [0.29, 0.717) is 31.0 Å². The normalized spacial score (nSPS) is 17.1. The van der Waals surface area contributed by atoms with E-state index in [9.17, 15) is 9.59 Å². The number of rotatable bonds is 2. The molecule has 0 bridgehead atoms. The van der Waals surface area contributed by atoms with E-state index in [1.807, 2.05) is 61.5 Å². The second kappa shape index (κ2) is 7.15. The average molecular weight is 363 g/mol. The Labute approximate surface area is 157 Å². The van der Waals surface area contributed by atoms with E-state index < -0.39 is 0 Å². The number of carbonyl (C=O) groups is 2. The maximum atomic E-state index is 12.8. The first-order valence-electron chi connectivity index (χ1n) is 9.02. The lowest BCUT2D eigenvalue weighted by atomic mass is 10.2. The molecule has 27 heavy (non-hydrogen) atoms. The van der Waals surface area contributed by atoms with E-state index in [2.05, 4.69) is 5.32 Å².